The summed E-state index contributed by atoms with van der Waals surface area (Å²) in [5, 5.41) is 8.92. The van der Waals surface area contributed by atoms with E-state index in [1.54, 1.807) is 4.90 Å². The molecule has 0 fully saturated rings. The van der Waals surface area contributed by atoms with Crippen molar-refractivity contribution in [2.75, 3.05) is 33.3 Å². The molecule has 1 N–H and O–H groups in total. The van der Waals surface area contributed by atoms with Crippen molar-refractivity contribution in [1.82, 2.24) is 9.80 Å². The SMILES string of the molecule is CCN(CCO)CC(=O)N(C)Cc1ccccc1C. The van der Waals surface area contributed by atoms with Crippen LogP contribution < -0.4 is 0 Å². The van der Waals surface area contributed by atoms with Gasteiger partial charge in [-0.2, -0.15) is 0 Å². The van der Waals surface area contributed by atoms with Crippen LogP contribution in [-0.2, 0) is 11.3 Å². The molecule has 1 amide bonds. The molecule has 0 saturated heterocycles. The van der Waals surface area contributed by atoms with Crippen LogP contribution in [0.3, 0.4) is 0 Å². The minimum absolute atomic E-state index is 0.0820. The third kappa shape index (κ3) is 5.01. The second kappa shape index (κ2) is 7.92. The first kappa shape index (κ1) is 15.7. The Bertz CT molecular complexity index is 407. The molecular formula is C15H24N2O2. The van der Waals surface area contributed by atoms with Crippen LogP contribution in [0.1, 0.15) is 18.1 Å². The zero-order valence-corrected chi connectivity index (χ0v) is 12.1. The second-order valence-corrected chi connectivity index (χ2v) is 4.77. The van der Waals surface area contributed by atoms with Gasteiger partial charge in [0.05, 0.1) is 13.2 Å². The van der Waals surface area contributed by atoms with Crippen molar-refractivity contribution in [3.8, 4) is 0 Å². The average Bonchev–Trinajstić information content (AvgIpc) is 2.40. The van der Waals surface area contributed by atoms with Gasteiger partial charge in [0.15, 0.2) is 0 Å². The van der Waals surface area contributed by atoms with Crippen LogP contribution in [0, 0.1) is 6.92 Å². The molecule has 0 heterocycles. The van der Waals surface area contributed by atoms with Gasteiger partial charge < -0.3 is 10.0 Å². The molecular weight excluding hydrogens is 240 g/mol. The van der Waals surface area contributed by atoms with Gasteiger partial charge in [-0.3, -0.25) is 9.69 Å². The van der Waals surface area contributed by atoms with E-state index in [0.29, 0.717) is 19.6 Å². The van der Waals surface area contributed by atoms with Crippen molar-refractivity contribution in [3.63, 3.8) is 0 Å². The lowest BCUT2D eigenvalue weighted by molar-refractivity contribution is -0.131. The predicted molar refractivity (Wildman–Crippen MR) is 76.9 cm³/mol. The molecule has 0 radical (unpaired) electrons. The largest absolute Gasteiger partial charge is 0.395 e. The molecule has 1 aromatic carbocycles. The summed E-state index contributed by atoms with van der Waals surface area (Å²) in [5.74, 6) is 0.0820. The highest BCUT2D eigenvalue weighted by atomic mass is 16.3. The van der Waals surface area contributed by atoms with Crippen LogP contribution in [0.2, 0.25) is 0 Å². The Morgan fingerprint density at radius 3 is 2.58 bits per heavy atom. The number of hydrogen-bond donors (Lipinski definition) is 1. The average molecular weight is 264 g/mol. The maximum absolute atomic E-state index is 12.1. The number of carbonyl (C=O) groups is 1. The van der Waals surface area contributed by atoms with Gasteiger partial charge in [0.1, 0.15) is 0 Å². The van der Waals surface area contributed by atoms with Crippen molar-refractivity contribution in [3.05, 3.63) is 35.4 Å². The quantitative estimate of drug-likeness (QED) is 0.806. The number of amides is 1. The van der Waals surface area contributed by atoms with Gasteiger partial charge in [-0.25, -0.2) is 0 Å². The van der Waals surface area contributed by atoms with Crippen LogP contribution >= 0.6 is 0 Å². The number of nitrogens with zero attached hydrogens (tertiary/aromatic N) is 2. The standard InChI is InChI=1S/C15H24N2O2/c1-4-17(9-10-18)12-15(19)16(3)11-14-8-6-5-7-13(14)2/h5-8,18H,4,9-12H2,1-3H3. The summed E-state index contributed by atoms with van der Waals surface area (Å²) in [6, 6.07) is 8.09. The van der Waals surface area contributed by atoms with Crippen molar-refractivity contribution in [1.29, 1.82) is 0 Å². The maximum Gasteiger partial charge on any atom is 0.236 e. The van der Waals surface area contributed by atoms with Gasteiger partial charge in [-0.1, -0.05) is 31.2 Å². The molecule has 19 heavy (non-hydrogen) atoms. The molecule has 0 atom stereocenters. The highest BCUT2D eigenvalue weighted by Crippen LogP contribution is 2.09. The summed E-state index contributed by atoms with van der Waals surface area (Å²) in [6.07, 6.45) is 0. The second-order valence-electron chi connectivity index (χ2n) is 4.77. The lowest BCUT2D eigenvalue weighted by Crippen LogP contribution is -2.39. The zero-order valence-electron chi connectivity index (χ0n) is 12.1. The van der Waals surface area contributed by atoms with Crippen LogP contribution in [0.25, 0.3) is 0 Å². The van der Waals surface area contributed by atoms with E-state index < -0.39 is 0 Å². The van der Waals surface area contributed by atoms with Crippen molar-refractivity contribution in [2.45, 2.75) is 20.4 Å². The normalized spacial score (nSPS) is 10.8. The minimum Gasteiger partial charge on any atom is -0.395 e. The van der Waals surface area contributed by atoms with Crippen molar-refractivity contribution in [2.24, 2.45) is 0 Å². The fourth-order valence-corrected chi connectivity index (χ4v) is 1.93. The maximum atomic E-state index is 12.1. The molecule has 0 spiro atoms. The smallest absolute Gasteiger partial charge is 0.236 e. The van der Waals surface area contributed by atoms with E-state index in [9.17, 15) is 4.79 Å². The summed E-state index contributed by atoms with van der Waals surface area (Å²) in [4.78, 5) is 15.8. The number of likely N-dealkylation sites (N-methyl/N-ethyl adjacent to an activating group) is 2. The van der Waals surface area contributed by atoms with Gasteiger partial charge in [0.25, 0.3) is 0 Å². The number of hydrogen-bond acceptors (Lipinski definition) is 3. The van der Waals surface area contributed by atoms with Gasteiger partial charge in [-0.05, 0) is 24.6 Å². The molecule has 0 aromatic heterocycles. The molecule has 4 nitrogen and oxygen atoms in total. The summed E-state index contributed by atoms with van der Waals surface area (Å²) in [5.41, 5.74) is 2.37. The molecule has 0 unspecified atom stereocenters. The first-order chi connectivity index (χ1) is 9.08. The molecule has 4 heteroatoms. The monoisotopic (exact) mass is 264 g/mol. The highest BCUT2D eigenvalue weighted by Gasteiger charge is 2.13. The topological polar surface area (TPSA) is 43.8 Å². The van der Waals surface area contributed by atoms with Gasteiger partial charge in [0.2, 0.25) is 5.91 Å². The lowest BCUT2D eigenvalue weighted by atomic mass is 10.1. The predicted octanol–water partition coefficient (Wildman–Crippen LogP) is 1.27. The Labute approximate surface area is 115 Å². The molecule has 1 aromatic rings. The number of benzene rings is 1. The Balaban J connectivity index is 2.55. The van der Waals surface area contributed by atoms with Crippen molar-refractivity contribution < 1.29 is 9.90 Å². The van der Waals surface area contributed by atoms with Crippen LogP contribution in [0.4, 0.5) is 0 Å². The number of aryl methyl sites for hydroxylation is 1. The first-order valence-electron chi connectivity index (χ1n) is 6.70. The van der Waals surface area contributed by atoms with Crippen molar-refractivity contribution >= 4 is 5.91 Å². The zero-order chi connectivity index (χ0) is 14.3. The van der Waals surface area contributed by atoms with E-state index in [1.807, 2.05) is 37.1 Å². The molecule has 0 aliphatic heterocycles. The summed E-state index contributed by atoms with van der Waals surface area (Å²) < 4.78 is 0. The summed E-state index contributed by atoms with van der Waals surface area (Å²) >= 11 is 0. The third-order valence-electron chi connectivity index (χ3n) is 3.32. The molecule has 1 rings (SSSR count). The summed E-state index contributed by atoms with van der Waals surface area (Å²) in [6.45, 7) is 6.43. The van der Waals surface area contributed by atoms with Crippen LogP contribution in [-0.4, -0.2) is 54.1 Å². The number of carbonyl (C=O) groups excluding carboxylic acids is 1. The Morgan fingerprint density at radius 2 is 2.00 bits per heavy atom. The van der Waals surface area contributed by atoms with Crippen LogP contribution in [0.5, 0.6) is 0 Å². The van der Waals surface area contributed by atoms with Gasteiger partial charge in [0, 0.05) is 20.1 Å². The van der Waals surface area contributed by atoms with E-state index in [2.05, 4.69) is 13.0 Å². The molecule has 0 aliphatic carbocycles. The number of rotatable bonds is 7. The van der Waals surface area contributed by atoms with Gasteiger partial charge >= 0.3 is 0 Å². The molecule has 106 valence electrons. The Morgan fingerprint density at radius 1 is 1.32 bits per heavy atom. The van der Waals surface area contributed by atoms with Gasteiger partial charge in [-0.15, -0.1) is 0 Å². The molecule has 0 aliphatic rings. The van der Waals surface area contributed by atoms with Crippen LogP contribution in [0.15, 0.2) is 24.3 Å². The number of aliphatic hydroxyl groups is 1. The first-order valence-corrected chi connectivity index (χ1v) is 6.70. The fraction of sp³-hybridized carbons (Fsp3) is 0.533. The number of aliphatic hydroxyl groups excluding tert-OH is 1. The Hall–Kier alpha value is -1.39. The molecule has 0 saturated carbocycles. The molecule has 0 bridgehead atoms. The van der Waals surface area contributed by atoms with E-state index in [4.69, 9.17) is 5.11 Å². The lowest BCUT2D eigenvalue weighted by Gasteiger charge is -2.23. The van der Waals surface area contributed by atoms with E-state index in [0.717, 1.165) is 6.54 Å². The van der Waals surface area contributed by atoms with E-state index in [1.165, 1.54) is 11.1 Å². The Kier molecular flexibility index (Phi) is 6.53. The fourth-order valence-electron chi connectivity index (χ4n) is 1.93. The summed E-state index contributed by atoms with van der Waals surface area (Å²) in [7, 11) is 1.82. The highest BCUT2D eigenvalue weighted by molar-refractivity contribution is 5.78. The minimum atomic E-state index is 0.0820. The van der Waals surface area contributed by atoms with E-state index in [-0.39, 0.29) is 12.5 Å². The third-order valence-corrected chi connectivity index (χ3v) is 3.32. The van der Waals surface area contributed by atoms with E-state index >= 15 is 0 Å².